The summed E-state index contributed by atoms with van der Waals surface area (Å²) in [5, 5.41) is 3.71. The molecule has 10 rings (SSSR count). The van der Waals surface area contributed by atoms with Gasteiger partial charge in [0.2, 0.25) is 0 Å². The zero-order valence-corrected chi connectivity index (χ0v) is 28.8. The lowest BCUT2D eigenvalue weighted by Gasteiger charge is -2.50. The van der Waals surface area contributed by atoms with Crippen molar-refractivity contribution in [1.29, 1.82) is 0 Å². The van der Waals surface area contributed by atoms with E-state index in [0.29, 0.717) is 0 Å². The van der Waals surface area contributed by atoms with Gasteiger partial charge in [-0.1, -0.05) is 157 Å². The Labute approximate surface area is 300 Å². The molecular formula is C48H37BN2. The molecule has 2 aliphatic heterocycles. The van der Waals surface area contributed by atoms with Crippen molar-refractivity contribution in [2.24, 2.45) is 0 Å². The summed E-state index contributed by atoms with van der Waals surface area (Å²) in [6, 6.07) is 45.6. The molecule has 1 unspecified atom stereocenters. The van der Waals surface area contributed by atoms with Gasteiger partial charge in [-0.2, -0.15) is 0 Å². The van der Waals surface area contributed by atoms with Crippen LogP contribution >= 0.6 is 0 Å². The van der Waals surface area contributed by atoms with Crippen LogP contribution in [-0.2, 0) is 5.41 Å². The molecule has 0 saturated heterocycles. The highest BCUT2D eigenvalue weighted by Crippen LogP contribution is 2.59. The molecule has 1 aromatic heterocycles. The lowest BCUT2D eigenvalue weighted by Crippen LogP contribution is -2.47. The first-order valence-electron chi connectivity index (χ1n) is 18.1. The molecule has 51 heavy (non-hydrogen) atoms. The second-order valence-electron chi connectivity index (χ2n) is 14.0. The molecule has 0 fully saturated rings. The maximum Gasteiger partial charge on any atom is 0.198 e. The van der Waals surface area contributed by atoms with Crippen LogP contribution in [0.3, 0.4) is 0 Å². The number of anilines is 3. The Morgan fingerprint density at radius 2 is 1.57 bits per heavy atom. The van der Waals surface area contributed by atoms with Gasteiger partial charge in [0.1, 0.15) is 0 Å². The molecule has 3 aliphatic rings. The van der Waals surface area contributed by atoms with Crippen molar-refractivity contribution < 1.29 is 0 Å². The lowest BCUT2D eigenvalue weighted by molar-refractivity contribution is 0.668. The third-order valence-electron chi connectivity index (χ3n) is 11.4. The minimum atomic E-state index is -0.407. The van der Waals surface area contributed by atoms with E-state index in [-0.39, 0.29) is 0 Å². The van der Waals surface area contributed by atoms with Crippen molar-refractivity contribution in [1.82, 2.24) is 4.98 Å². The largest absolute Gasteiger partial charge is 0.354 e. The molecule has 0 bridgehead atoms. The van der Waals surface area contributed by atoms with Crippen LogP contribution in [0.1, 0.15) is 47.7 Å². The fraction of sp³-hybridized carbons (Fsp3) is 0.0833. The number of nitrogens with zero attached hydrogens (tertiary/aromatic N) is 1. The van der Waals surface area contributed by atoms with Crippen molar-refractivity contribution in [2.45, 2.75) is 25.2 Å². The molecule has 1 N–H and O–H groups in total. The Hall–Kier alpha value is -6.06. The van der Waals surface area contributed by atoms with Gasteiger partial charge in [-0.05, 0) is 71.1 Å². The van der Waals surface area contributed by atoms with Gasteiger partial charge in [0.15, 0.2) is 7.28 Å². The van der Waals surface area contributed by atoms with Crippen LogP contribution in [0.25, 0.3) is 45.0 Å². The van der Waals surface area contributed by atoms with Gasteiger partial charge in [0, 0.05) is 39.0 Å². The third-order valence-corrected chi connectivity index (χ3v) is 11.4. The smallest absolute Gasteiger partial charge is 0.198 e. The molecule has 3 heterocycles. The summed E-state index contributed by atoms with van der Waals surface area (Å²) in [5.41, 5.74) is 17.5. The molecule has 6 aromatic carbocycles. The van der Waals surface area contributed by atoms with E-state index in [9.17, 15) is 0 Å². The van der Waals surface area contributed by atoms with Crippen LogP contribution in [-0.4, -0.2) is 12.3 Å². The second kappa shape index (κ2) is 11.5. The molecule has 0 saturated carbocycles. The Balaban J connectivity index is 1.32. The molecule has 0 spiro atoms. The summed E-state index contributed by atoms with van der Waals surface area (Å²) in [4.78, 5) is 6.43. The summed E-state index contributed by atoms with van der Waals surface area (Å²) >= 11 is 0. The van der Waals surface area contributed by atoms with Crippen molar-refractivity contribution in [3.8, 4) is 11.1 Å². The summed E-state index contributed by atoms with van der Waals surface area (Å²) in [7, 11) is 0.842. The second-order valence-corrected chi connectivity index (χ2v) is 14.0. The maximum atomic E-state index is 4.19. The van der Waals surface area contributed by atoms with Crippen molar-refractivity contribution in [3.63, 3.8) is 0 Å². The zero-order valence-electron chi connectivity index (χ0n) is 28.8. The highest BCUT2D eigenvalue weighted by Gasteiger charge is 2.49. The first-order chi connectivity index (χ1) is 25.2. The number of rotatable bonds is 5. The van der Waals surface area contributed by atoms with Crippen molar-refractivity contribution in [3.05, 3.63) is 186 Å². The molecule has 242 valence electrons. The summed E-state index contributed by atoms with van der Waals surface area (Å²) in [6.45, 7) is 6.26. The summed E-state index contributed by atoms with van der Waals surface area (Å²) in [5.74, 6) is 0. The first-order valence-corrected chi connectivity index (χ1v) is 18.1. The number of aromatic nitrogens is 1. The SMILES string of the molecule is C=Cc1c(/C=C\C)[nH]c2c(-c3cc4ccccc4c4c3Bc3cccc5c3N4c3ccccc3C5(C3=CC=CCC3)c3ccccc3)cccc12. The number of nitrogens with one attached hydrogen (secondary N) is 1. The van der Waals surface area contributed by atoms with Crippen molar-refractivity contribution >= 4 is 69.1 Å². The first kappa shape index (κ1) is 29.8. The molecule has 1 atom stereocenters. The topological polar surface area (TPSA) is 19.0 Å². The Morgan fingerprint density at radius 3 is 2.41 bits per heavy atom. The highest BCUT2D eigenvalue weighted by molar-refractivity contribution is 6.74. The fourth-order valence-corrected chi connectivity index (χ4v) is 9.47. The van der Waals surface area contributed by atoms with Gasteiger partial charge in [0.05, 0.1) is 16.6 Å². The van der Waals surface area contributed by atoms with Crippen LogP contribution in [0.5, 0.6) is 0 Å². The predicted molar refractivity (Wildman–Crippen MR) is 220 cm³/mol. The summed E-state index contributed by atoms with van der Waals surface area (Å²) in [6.07, 6.45) is 15.3. The van der Waals surface area contributed by atoms with E-state index in [2.05, 4.69) is 175 Å². The quantitative estimate of drug-likeness (QED) is 0.183. The van der Waals surface area contributed by atoms with Gasteiger partial charge < -0.3 is 9.88 Å². The molecule has 3 heteroatoms. The van der Waals surface area contributed by atoms with Crippen LogP contribution in [0.2, 0.25) is 0 Å². The number of fused-ring (bicyclic) bond motifs is 7. The number of hydrogen-bond donors (Lipinski definition) is 1. The fourth-order valence-electron chi connectivity index (χ4n) is 9.47. The van der Waals surface area contributed by atoms with Crippen molar-refractivity contribution in [2.75, 3.05) is 4.90 Å². The highest BCUT2D eigenvalue weighted by atomic mass is 15.2. The zero-order chi connectivity index (χ0) is 34.1. The number of benzene rings is 6. The number of hydrogen-bond acceptors (Lipinski definition) is 1. The monoisotopic (exact) mass is 652 g/mol. The average molecular weight is 653 g/mol. The van der Waals surface area contributed by atoms with Gasteiger partial charge in [-0.15, -0.1) is 0 Å². The molecule has 0 amide bonds. The minimum absolute atomic E-state index is 0.407. The third kappa shape index (κ3) is 4.12. The molecule has 2 nitrogen and oxygen atoms in total. The van der Waals surface area contributed by atoms with Crippen LogP contribution in [0.4, 0.5) is 17.1 Å². The van der Waals surface area contributed by atoms with E-state index in [1.54, 1.807) is 0 Å². The normalized spacial score (nSPS) is 17.2. The molecule has 7 aromatic rings. The Morgan fingerprint density at radius 1 is 0.784 bits per heavy atom. The van der Waals surface area contributed by atoms with E-state index in [0.717, 1.165) is 36.9 Å². The van der Waals surface area contributed by atoms with Crippen LogP contribution in [0.15, 0.2) is 158 Å². The van der Waals surface area contributed by atoms with E-state index >= 15 is 0 Å². The van der Waals surface area contributed by atoms with E-state index in [1.807, 2.05) is 6.08 Å². The van der Waals surface area contributed by atoms with Gasteiger partial charge in [-0.25, -0.2) is 0 Å². The standard InChI is InChI=1S/C48H37BN2/c1-3-17-42-34(4-2)36-24-15-25-37(45(36)50-42)38-30-31-18-11-12-23-35(31)46-44(38)49-41-28-16-27-40-47(41)51(46)43-29-14-13-26-39(43)48(40,32-19-7-5-8-20-32)33-21-9-6-10-22-33/h3-9,11-21,23-30,49-50H,2,10,22H2,1H3/b17-3-. The lowest BCUT2D eigenvalue weighted by atomic mass is 9.53. The average Bonchev–Trinajstić information content (AvgIpc) is 3.55. The number of aromatic amines is 1. The van der Waals surface area contributed by atoms with Gasteiger partial charge >= 0.3 is 0 Å². The van der Waals surface area contributed by atoms with Gasteiger partial charge in [-0.3, -0.25) is 0 Å². The Bertz CT molecular complexity index is 2650. The number of para-hydroxylation sites is 3. The maximum absolute atomic E-state index is 4.19. The van der Waals surface area contributed by atoms with Gasteiger partial charge in [0.25, 0.3) is 0 Å². The minimum Gasteiger partial charge on any atom is -0.354 e. The molecule has 0 radical (unpaired) electrons. The number of H-pyrrole nitrogens is 1. The van der Waals surface area contributed by atoms with Crippen LogP contribution in [0, 0.1) is 0 Å². The van der Waals surface area contributed by atoms with Crippen LogP contribution < -0.4 is 15.8 Å². The molecule has 1 aliphatic carbocycles. The predicted octanol–water partition coefficient (Wildman–Crippen LogP) is 10.8. The van der Waals surface area contributed by atoms with E-state index in [4.69, 9.17) is 0 Å². The summed E-state index contributed by atoms with van der Waals surface area (Å²) < 4.78 is 0. The molecular weight excluding hydrogens is 615 g/mol. The van der Waals surface area contributed by atoms with E-state index in [1.165, 1.54) is 77.5 Å². The number of allylic oxidation sites excluding steroid dienone is 5. The van der Waals surface area contributed by atoms with E-state index < -0.39 is 5.41 Å². The Kier molecular flexibility index (Phi) is 6.73.